The Labute approximate surface area is 224 Å². The number of para-hydroxylation sites is 2. The second-order valence-corrected chi connectivity index (χ2v) is 9.60. The van der Waals surface area contributed by atoms with E-state index in [0.29, 0.717) is 34.6 Å². The van der Waals surface area contributed by atoms with Gasteiger partial charge in [0.25, 0.3) is 5.91 Å². The van der Waals surface area contributed by atoms with Gasteiger partial charge >= 0.3 is 11.8 Å². The summed E-state index contributed by atoms with van der Waals surface area (Å²) in [5.74, 6) is -1.88. The van der Waals surface area contributed by atoms with E-state index in [4.69, 9.17) is 4.74 Å². The lowest BCUT2D eigenvalue weighted by atomic mass is 10.2. The lowest BCUT2D eigenvalue weighted by Crippen LogP contribution is -2.36. The molecular formula is C26H22Br2N4O4. The van der Waals surface area contributed by atoms with Crippen molar-refractivity contribution in [1.29, 1.82) is 0 Å². The second kappa shape index (κ2) is 11.0. The minimum atomic E-state index is -0.952. The number of aromatic nitrogens is 1. The van der Waals surface area contributed by atoms with Crippen molar-refractivity contribution in [1.82, 2.24) is 4.68 Å². The monoisotopic (exact) mass is 612 g/mol. The fourth-order valence-corrected chi connectivity index (χ4v) is 4.54. The smallest absolute Gasteiger partial charge is 0.328 e. The summed E-state index contributed by atoms with van der Waals surface area (Å²) in [6.45, 7) is 4.17. The maximum absolute atomic E-state index is 13.3. The van der Waals surface area contributed by atoms with Gasteiger partial charge < -0.3 is 15.4 Å². The Kier molecular flexibility index (Phi) is 7.76. The number of rotatable bonds is 6. The summed E-state index contributed by atoms with van der Waals surface area (Å²) < 4.78 is 8.33. The van der Waals surface area contributed by atoms with E-state index in [-0.39, 0.29) is 5.69 Å². The number of halogens is 2. The van der Waals surface area contributed by atoms with Crippen LogP contribution in [0.15, 0.2) is 75.7 Å². The van der Waals surface area contributed by atoms with Crippen LogP contribution in [0.25, 0.3) is 10.9 Å². The summed E-state index contributed by atoms with van der Waals surface area (Å²) in [6, 6.07) is 19.3. The van der Waals surface area contributed by atoms with Crippen LogP contribution in [0.3, 0.4) is 0 Å². The Bertz CT molecular complexity index is 1480. The molecule has 4 rings (SSSR count). The molecule has 8 nitrogen and oxygen atoms in total. The van der Waals surface area contributed by atoms with Crippen LogP contribution in [0.1, 0.15) is 23.0 Å². The van der Waals surface area contributed by atoms with Crippen LogP contribution in [0.5, 0.6) is 5.75 Å². The highest BCUT2D eigenvalue weighted by Gasteiger charge is 2.22. The van der Waals surface area contributed by atoms with Gasteiger partial charge in [-0.15, -0.1) is 0 Å². The number of nitrogens with one attached hydrogen (secondary N) is 3. The quantitative estimate of drug-likeness (QED) is 0.238. The molecule has 1 heterocycles. The summed E-state index contributed by atoms with van der Waals surface area (Å²) in [4.78, 5) is 38.9. The van der Waals surface area contributed by atoms with Gasteiger partial charge in [0.15, 0.2) is 0 Å². The standard InChI is InChI=1S/C26H22Br2N4O4/c1-3-36-23-7-5-4-6-20(23)30-25(34)26(35)31-32-21-11-9-17(27)13-16(21)14-22(32)24(33)29-19-10-8-15(2)12-18(19)28/h4-14H,3H2,1-2H3,(H,29,33)(H,30,34)(H,31,35). The zero-order valence-electron chi connectivity index (χ0n) is 19.4. The number of ether oxygens (including phenoxy) is 1. The SMILES string of the molecule is CCOc1ccccc1NC(=O)C(=O)Nn1c(C(=O)Nc2ccc(C)cc2Br)cc2cc(Br)ccc21. The van der Waals surface area contributed by atoms with Crippen molar-refractivity contribution in [3.8, 4) is 5.75 Å². The van der Waals surface area contributed by atoms with Crippen LogP contribution in [-0.2, 0) is 9.59 Å². The summed E-state index contributed by atoms with van der Waals surface area (Å²) in [5.41, 5.74) is 5.20. The molecule has 3 N–H and O–H groups in total. The van der Waals surface area contributed by atoms with E-state index in [1.165, 1.54) is 4.68 Å². The molecule has 3 aromatic carbocycles. The van der Waals surface area contributed by atoms with Gasteiger partial charge in [-0.1, -0.05) is 34.1 Å². The maximum Gasteiger partial charge on any atom is 0.328 e. The first-order valence-corrected chi connectivity index (χ1v) is 12.6. The number of nitrogens with zero attached hydrogens (tertiary/aromatic N) is 1. The average molecular weight is 614 g/mol. The summed E-state index contributed by atoms with van der Waals surface area (Å²) in [7, 11) is 0. The van der Waals surface area contributed by atoms with E-state index < -0.39 is 17.7 Å². The second-order valence-electron chi connectivity index (χ2n) is 7.83. The fraction of sp³-hybridized carbons (Fsp3) is 0.115. The number of fused-ring (bicyclic) bond motifs is 1. The first-order valence-electron chi connectivity index (χ1n) is 11.0. The molecule has 0 unspecified atom stereocenters. The molecule has 0 saturated heterocycles. The van der Waals surface area contributed by atoms with Gasteiger partial charge in [-0.3, -0.25) is 19.8 Å². The summed E-state index contributed by atoms with van der Waals surface area (Å²) in [5, 5.41) is 6.10. The Hall–Kier alpha value is -3.63. The minimum Gasteiger partial charge on any atom is -0.492 e. The number of aryl methyl sites for hydroxylation is 1. The van der Waals surface area contributed by atoms with Crippen LogP contribution in [0, 0.1) is 6.92 Å². The van der Waals surface area contributed by atoms with Crippen LogP contribution in [0.2, 0.25) is 0 Å². The number of anilines is 2. The number of carbonyl (C=O) groups excluding carboxylic acids is 3. The minimum absolute atomic E-state index is 0.145. The fourth-order valence-electron chi connectivity index (χ4n) is 3.56. The lowest BCUT2D eigenvalue weighted by Gasteiger charge is -2.14. The molecule has 1 aromatic heterocycles. The Morgan fingerprint density at radius 1 is 0.889 bits per heavy atom. The van der Waals surface area contributed by atoms with Gasteiger partial charge in [-0.05, 0) is 83.9 Å². The molecule has 0 bridgehead atoms. The third kappa shape index (κ3) is 5.60. The predicted octanol–water partition coefficient (Wildman–Crippen LogP) is 5.83. The van der Waals surface area contributed by atoms with Crippen molar-refractivity contribution in [3.05, 3.63) is 86.9 Å². The van der Waals surface area contributed by atoms with Gasteiger partial charge in [-0.2, -0.15) is 0 Å². The number of hydrogen-bond acceptors (Lipinski definition) is 4. The van der Waals surface area contributed by atoms with Crippen molar-refractivity contribution < 1.29 is 19.1 Å². The van der Waals surface area contributed by atoms with Crippen molar-refractivity contribution in [2.24, 2.45) is 0 Å². The van der Waals surface area contributed by atoms with E-state index in [1.54, 1.807) is 48.5 Å². The molecule has 10 heteroatoms. The van der Waals surface area contributed by atoms with Gasteiger partial charge in [0.2, 0.25) is 0 Å². The molecule has 36 heavy (non-hydrogen) atoms. The zero-order valence-corrected chi connectivity index (χ0v) is 22.6. The summed E-state index contributed by atoms with van der Waals surface area (Å²) >= 11 is 6.88. The van der Waals surface area contributed by atoms with Gasteiger partial charge in [0.05, 0.1) is 23.5 Å². The first-order chi connectivity index (χ1) is 17.3. The van der Waals surface area contributed by atoms with Crippen molar-refractivity contribution in [3.63, 3.8) is 0 Å². The lowest BCUT2D eigenvalue weighted by molar-refractivity contribution is -0.133. The molecular weight excluding hydrogens is 592 g/mol. The third-order valence-corrected chi connectivity index (χ3v) is 6.37. The zero-order chi connectivity index (χ0) is 25.8. The van der Waals surface area contributed by atoms with Crippen molar-refractivity contribution >= 4 is 71.9 Å². The molecule has 3 amide bonds. The van der Waals surface area contributed by atoms with Crippen LogP contribution in [0.4, 0.5) is 11.4 Å². The molecule has 0 atom stereocenters. The molecule has 0 aliphatic rings. The first kappa shape index (κ1) is 25.5. The average Bonchev–Trinajstić information content (AvgIpc) is 3.19. The Balaban J connectivity index is 1.63. The third-order valence-electron chi connectivity index (χ3n) is 5.22. The van der Waals surface area contributed by atoms with E-state index >= 15 is 0 Å². The molecule has 0 fully saturated rings. The molecule has 0 aliphatic carbocycles. The predicted molar refractivity (Wildman–Crippen MR) is 147 cm³/mol. The largest absolute Gasteiger partial charge is 0.492 e. The van der Waals surface area contributed by atoms with E-state index in [9.17, 15) is 14.4 Å². The number of hydrogen-bond donors (Lipinski definition) is 3. The topological polar surface area (TPSA) is 101 Å². The Morgan fingerprint density at radius 2 is 1.67 bits per heavy atom. The molecule has 0 radical (unpaired) electrons. The molecule has 184 valence electrons. The number of amides is 3. The highest BCUT2D eigenvalue weighted by molar-refractivity contribution is 9.10. The summed E-state index contributed by atoms with van der Waals surface area (Å²) in [6.07, 6.45) is 0. The molecule has 0 aliphatic heterocycles. The van der Waals surface area contributed by atoms with Crippen LogP contribution >= 0.6 is 31.9 Å². The maximum atomic E-state index is 13.3. The molecule has 4 aromatic rings. The van der Waals surface area contributed by atoms with Crippen molar-refractivity contribution in [2.45, 2.75) is 13.8 Å². The Morgan fingerprint density at radius 3 is 2.42 bits per heavy atom. The molecule has 0 saturated carbocycles. The normalized spacial score (nSPS) is 10.7. The number of benzene rings is 3. The van der Waals surface area contributed by atoms with Gasteiger partial charge in [0, 0.05) is 14.3 Å². The van der Waals surface area contributed by atoms with E-state index in [1.807, 2.05) is 32.0 Å². The van der Waals surface area contributed by atoms with E-state index in [2.05, 4.69) is 47.9 Å². The number of carbonyl (C=O) groups is 3. The van der Waals surface area contributed by atoms with Gasteiger partial charge in [-0.25, -0.2) is 4.68 Å². The van der Waals surface area contributed by atoms with Gasteiger partial charge in [0.1, 0.15) is 11.4 Å². The van der Waals surface area contributed by atoms with Crippen LogP contribution in [-0.4, -0.2) is 29.0 Å². The highest BCUT2D eigenvalue weighted by Crippen LogP contribution is 2.27. The van der Waals surface area contributed by atoms with Crippen molar-refractivity contribution in [2.75, 3.05) is 22.7 Å². The van der Waals surface area contributed by atoms with Crippen LogP contribution < -0.4 is 20.8 Å². The van der Waals surface area contributed by atoms with E-state index in [0.717, 1.165) is 14.5 Å². The highest BCUT2D eigenvalue weighted by atomic mass is 79.9. The molecule has 0 spiro atoms.